The lowest BCUT2D eigenvalue weighted by molar-refractivity contribution is -0.00942. The van der Waals surface area contributed by atoms with Crippen molar-refractivity contribution in [3.05, 3.63) is 77.0 Å². The van der Waals surface area contributed by atoms with E-state index in [-0.39, 0.29) is 25.6 Å². The quantitative estimate of drug-likeness (QED) is 0.396. The van der Waals surface area contributed by atoms with Crippen LogP contribution < -0.4 is 10.1 Å². The molecule has 2 N–H and O–H groups in total. The van der Waals surface area contributed by atoms with Crippen molar-refractivity contribution in [1.82, 2.24) is 14.8 Å². The second kappa shape index (κ2) is 13.0. The summed E-state index contributed by atoms with van der Waals surface area (Å²) in [5, 5.41) is 14.6. The highest BCUT2D eigenvalue weighted by atomic mass is 16.6. The van der Waals surface area contributed by atoms with Gasteiger partial charge in [0.05, 0.1) is 31.1 Å². The van der Waals surface area contributed by atoms with Gasteiger partial charge in [0, 0.05) is 37.4 Å². The Balaban J connectivity index is 1.26. The number of hydrogen-bond donors (Lipinski definition) is 2. The van der Waals surface area contributed by atoms with E-state index in [0.29, 0.717) is 49.8 Å². The van der Waals surface area contributed by atoms with Gasteiger partial charge in [0.15, 0.2) is 12.2 Å². The molecule has 0 aliphatic carbocycles. The first-order valence-corrected chi connectivity index (χ1v) is 14.6. The first kappa shape index (κ1) is 30.4. The molecule has 5 rings (SSSR count). The molecule has 1 unspecified atom stereocenters. The zero-order chi connectivity index (χ0) is 30.6. The monoisotopic (exact) mass is 592 g/mol. The number of morpholine rings is 1. The van der Waals surface area contributed by atoms with Crippen molar-refractivity contribution in [2.24, 2.45) is 0 Å². The maximum absolute atomic E-state index is 13.3. The number of anilines is 1. The fourth-order valence-corrected chi connectivity index (χ4v) is 5.19. The van der Waals surface area contributed by atoms with Gasteiger partial charge in [0.1, 0.15) is 18.0 Å². The van der Waals surface area contributed by atoms with Crippen molar-refractivity contribution in [2.45, 2.75) is 65.0 Å². The van der Waals surface area contributed by atoms with E-state index in [1.165, 1.54) is 6.39 Å². The Kier molecular flexibility index (Phi) is 9.22. The summed E-state index contributed by atoms with van der Waals surface area (Å²) in [5.74, 6) is 1.28. The molecule has 0 saturated carbocycles. The van der Waals surface area contributed by atoms with Crippen LogP contribution in [0.1, 0.15) is 53.7 Å². The van der Waals surface area contributed by atoms with Gasteiger partial charge < -0.3 is 34.0 Å². The first-order chi connectivity index (χ1) is 20.6. The highest BCUT2D eigenvalue weighted by Crippen LogP contribution is 2.30. The van der Waals surface area contributed by atoms with Gasteiger partial charge in [-0.2, -0.15) is 0 Å². The van der Waals surface area contributed by atoms with Gasteiger partial charge in [-0.05, 0) is 81.6 Å². The number of nitrogens with one attached hydrogen (secondary N) is 1. The molecule has 2 atom stereocenters. The number of carbonyl (C=O) groups excluding carboxylic acids is 2. The van der Waals surface area contributed by atoms with Crippen molar-refractivity contribution in [1.29, 1.82) is 0 Å². The number of ether oxygens (including phenoxy) is 3. The van der Waals surface area contributed by atoms with Crippen LogP contribution in [0.3, 0.4) is 0 Å². The molecule has 1 aromatic heterocycles. The zero-order valence-electron chi connectivity index (χ0n) is 25.2. The van der Waals surface area contributed by atoms with Crippen molar-refractivity contribution in [2.75, 3.05) is 38.2 Å². The molecule has 1 fully saturated rings. The minimum absolute atomic E-state index is 0.0228. The van der Waals surface area contributed by atoms with Crippen LogP contribution in [-0.4, -0.2) is 82.5 Å². The lowest BCUT2D eigenvalue weighted by Gasteiger charge is -2.40. The summed E-state index contributed by atoms with van der Waals surface area (Å²) in [5.41, 5.74) is 3.41. The number of rotatable bonds is 8. The Morgan fingerprint density at radius 3 is 2.53 bits per heavy atom. The summed E-state index contributed by atoms with van der Waals surface area (Å²) in [6, 6.07) is 12.5. The van der Waals surface area contributed by atoms with E-state index >= 15 is 0 Å². The van der Waals surface area contributed by atoms with E-state index < -0.39 is 23.8 Å². The number of oxazole rings is 1. The molecule has 0 spiro atoms. The van der Waals surface area contributed by atoms with E-state index in [4.69, 9.17) is 18.6 Å². The number of benzene rings is 2. The lowest BCUT2D eigenvalue weighted by Crippen LogP contribution is -2.53. The van der Waals surface area contributed by atoms with Gasteiger partial charge in [0.25, 0.3) is 5.91 Å². The Labute approximate surface area is 251 Å². The van der Waals surface area contributed by atoms with Crippen molar-refractivity contribution in [3.8, 4) is 5.75 Å². The Bertz CT molecular complexity index is 1410. The van der Waals surface area contributed by atoms with Crippen molar-refractivity contribution >= 4 is 17.7 Å². The average Bonchev–Trinajstić information content (AvgIpc) is 3.41. The number of carbonyl (C=O) groups is 2. The number of fused-ring (bicyclic) bond motifs is 1. The highest BCUT2D eigenvalue weighted by Gasteiger charge is 2.37. The second-order valence-corrected chi connectivity index (χ2v) is 11.9. The minimum Gasteiger partial charge on any atom is -0.486 e. The SMILES string of the molecule is Cc1ncoc1COc1ccc2c(c1)CN(C(=O)OC(C)(C)C)C([C@H](O)CNc1ccc(C(=O)N3CCOCC3)cc1)C2. The third-order valence-corrected chi connectivity index (χ3v) is 7.58. The molecule has 2 aliphatic rings. The molecular formula is C32H40N4O7. The number of aliphatic hydroxyl groups excluding tert-OH is 1. The predicted molar refractivity (Wildman–Crippen MR) is 159 cm³/mol. The maximum atomic E-state index is 13.3. The van der Waals surface area contributed by atoms with Gasteiger partial charge >= 0.3 is 6.09 Å². The average molecular weight is 593 g/mol. The van der Waals surface area contributed by atoms with Gasteiger partial charge in [-0.3, -0.25) is 9.69 Å². The van der Waals surface area contributed by atoms with Crippen LogP contribution in [0.5, 0.6) is 5.75 Å². The topological polar surface area (TPSA) is 127 Å². The molecule has 2 amide bonds. The highest BCUT2D eigenvalue weighted by molar-refractivity contribution is 5.94. The molecule has 3 aromatic rings. The summed E-state index contributed by atoms with van der Waals surface area (Å²) < 4.78 is 22.4. The third kappa shape index (κ3) is 7.66. The lowest BCUT2D eigenvalue weighted by atomic mass is 9.91. The Morgan fingerprint density at radius 2 is 1.86 bits per heavy atom. The summed E-state index contributed by atoms with van der Waals surface area (Å²) in [6.45, 7) is 10.3. The van der Waals surface area contributed by atoms with Gasteiger partial charge in [-0.25, -0.2) is 9.78 Å². The normalized spacial score (nSPS) is 17.7. The number of hydrogen-bond acceptors (Lipinski definition) is 9. The van der Waals surface area contributed by atoms with E-state index in [9.17, 15) is 14.7 Å². The first-order valence-electron chi connectivity index (χ1n) is 14.6. The molecule has 2 aromatic carbocycles. The molecule has 11 nitrogen and oxygen atoms in total. The van der Waals surface area contributed by atoms with Crippen molar-refractivity contribution < 1.29 is 33.3 Å². The Morgan fingerprint density at radius 1 is 1.12 bits per heavy atom. The molecule has 11 heteroatoms. The summed E-state index contributed by atoms with van der Waals surface area (Å²) >= 11 is 0. The van der Waals surface area contributed by atoms with Crippen LogP contribution in [0.15, 0.2) is 53.3 Å². The van der Waals surface area contributed by atoms with Crippen LogP contribution in [0, 0.1) is 6.92 Å². The third-order valence-electron chi connectivity index (χ3n) is 7.58. The summed E-state index contributed by atoms with van der Waals surface area (Å²) in [4.78, 5) is 33.6. The Hall–Kier alpha value is -4.09. The molecule has 1 saturated heterocycles. The number of aromatic nitrogens is 1. The summed E-state index contributed by atoms with van der Waals surface area (Å²) in [6.07, 6.45) is 0.464. The standard InChI is InChI=1S/C32H40N4O7/c1-21-29(42-20-34-21)19-41-26-10-7-23-16-27(36(18-24(23)15-26)31(39)43-32(2,3)4)28(37)17-33-25-8-5-22(6-9-25)30(38)35-11-13-40-14-12-35/h5-10,15,20,27-28,33,37H,11-14,16-19H2,1-4H3/t27?,28-/m1/s1. The molecule has 230 valence electrons. The van der Waals surface area contributed by atoms with Crippen LogP contribution >= 0.6 is 0 Å². The van der Waals surface area contributed by atoms with Crippen molar-refractivity contribution in [3.63, 3.8) is 0 Å². The fraction of sp³-hybridized carbons (Fsp3) is 0.469. The van der Waals surface area contributed by atoms with Crippen LogP contribution in [0.4, 0.5) is 10.5 Å². The zero-order valence-corrected chi connectivity index (χ0v) is 25.2. The fourth-order valence-electron chi connectivity index (χ4n) is 5.19. The largest absolute Gasteiger partial charge is 0.486 e. The van der Waals surface area contributed by atoms with Gasteiger partial charge in [-0.1, -0.05) is 6.07 Å². The van der Waals surface area contributed by atoms with Crippen LogP contribution in [0.2, 0.25) is 0 Å². The molecular weight excluding hydrogens is 552 g/mol. The van der Waals surface area contributed by atoms with E-state index in [1.807, 2.05) is 58.0 Å². The van der Waals surface area contributed by atoms with Gasteiger partial charge in [0.2, 0.25) is 0 Å². The van der Waals surface area contributed by atoms with Gasteiger partial charge in [-0.15, -0.1) is 0 Å². The number of nitrogens with zero attached hydrogens (tertiary/aromatic N) is 3. The van der Waals surface area contributed by atoms with E-state index in [1.54, 1.807) is 21.9 Å². The second-order valence-electron chi connectivity index (χ2n) is 11.9. The van der Waals surface area contributed by atoms with Crippen LogP contribution in [0.25, 0.3) is 0 Å². The minimum atomic E-state index is -0.888. The predicted octanol–water partition coefficient (Wildman–Crippen LogP) is 4.17. The smallest absolute Gasteiger partial charge is 0.410 e. The summed E-state index contributed by atoms with van der Waals surface area (Å²) in [7, 11) is 0. The number of aryl methyl sites for hydroxylation is 1. The molecule has 3 heterocycles. The molecule has 43 heavy (non-hydrogen) atoms. The molecule has 2 aliphatic heterocycles. The number of amides is 2. The maximum Gasteiger partial charge on any atom is 0.410 e. The van der Waals surface area contributed by atoms with Crippen LogP contribution in [-0.2, 0) is 29.0 Å². The molecule has 0 bridgehead atoms. The van der Waals surface area contributed by atoms with E-state index in [2.05, 4.69) is 10.3 Å². The number of aliphatic hydroxyl groups is 1. The van der Waals surface area contributed by atoms with E-state index in [0.717, 1.165) is 22.5 Å². The molecule has 0 radical (unpaired) electrons.